The Balaban J connectivity index is 1.21. The van der Waals surface area contributed by atoms with Gasteiger partial charge in [-0.3, -0.25) is 24.0 Å². The van der Waals surface area contributed by atoms with Crippen LogP contribution in [0.25, 0.3) is 6.08 Å². The molecule has 19 heteroatoms. The minimum Gasteiger partial charge on any atom is -0.460 e. The predicted molar refractivity (Wildman–Crippen MR) is 239 cm³/mol. The number of fused-ring (bicyclic) bond motifs is 4. The number of amides is 2. The lowest BCUT2D eigenvalue weighted by Crippen LogP contribution is -2.69. The molecule has 12 atom stereocenters. The second kappa shape index (κ2) is 23.3. The maximum absolute atomic E-state index is 14.9. The maximum atomic E-state index is 14.9. The number of hydroxylamine groups is 2. The maximum Gasteiger partial charge on any atom is 0.327 e. The summed E-state index contributed by atoms with van der Waals surface area (Å²) in [5.41, 5.74) is -0.754. The smallest absolute Gasteiger partial charge is 0.327 e. The number of benzene rings is 1. The minimum atomic E-state index is -1.58. The Hall–Kier alpha value is -3.60. The molecular weight excluding hydrogens is 875 g/mol. The fourth-order valence-corrected chi connectivity index (χ4v) is 9.88. The molecule has 2 bridgehead atoms. The normalized spacial score (nSPS) is 31.6. The van der Waals surface area contributed by atoms with Gasteiger partial charge >= 0.3 is 11.9 Å². The van der Waals surface area contributed by atoms with Crippen molar-refractivity contribution >= 4 is 29.8 Å². The van der Waals surface area contributed by atoms with Gasteiger partial charge in [0.2, 0.25) is 11.8 Å². The third kappa shape index (κ3) is 12.4. The summed E-state index contributed by atoms with van der Waals surface area (Å²) < 4.78 is 36.5. The minimum absolute atomic E-state index is 0.00820. The number of rotatable bonds is 24. The third-order valence-corrected chi connectivity index (χ3v) is 13.2. The number of carbonyl (C=O) groups excluding carboxylic acids is 4. The quantitative estimate of drug-likeness (QED) is 0.0578. The van der Waals surface area contributed by atoms with Gasteiger partial charge in [0.1, 0.15) is 59.8 Å². The Labute approximate surface area is 392 Å². The van der Waals surface area contributed by atoms with Crippen LogP contribution in [0.3, 0.4) is 0 Å². The number of hydrogen-bond donors (Lipinski definition) is 7. The molecular formula is C48H73N3O16. The Morgan fingerprint density at radius 2 is 1.66 bits per heavy atom. The van der Waals surface area contributed by atoms with Gasteiger partial charge < -0.3 is 64.6 Å². The summed E-state index contributed by atoms with van der Waals surface area (Å²) in [6.07, 6.45) is 0.0606. The standard InChI is InChI=1S/C48H73N3O16/c1-6-8-12-21-47(22-13-9-7-2)65-39-32-25-48(45(60)49-23-20-34(54)50-31(27-52)18-19-35(55)64-46(3,4)5)41(43(59)62-32)51(67-42(48)40(39)66-47)26-30-16-11-10-15-29(30)17-14-24-61-44-38(58)37(57)36(56)33(28-53)63-44/h10-11,14-17,31-33,36-42,44,52-53,56-58H,6-9,12-13,18-28H2,1-5H3,(H,49,60)(H,50,54)/t31-,32?,33+,36-,37-,38+,39-,40-,41-,42+,44-,48?/m0/s1. The number of aliphatic hydroxyl groups is 5. The van der Waals surface area contributed by atoms with E-state index in [0.29, 0.717) is 24.0 Å². The molecule has 4 aliphatic heterocycles. The Kier molecular flexibility index (Phi) is 18.4. The highest BCUT2D eigenvalue weighted by Gasteiger charge is 2.76. The van der Waals surface area contributed by atoms with Crippen LogP contribution in [-0.4, -0.2) is 159 Å². The topological polar surface area (TPSA) is 261 Å². The number of unbranched alkanes of at least 4 members (excludes halogenated alkanes) is 4. The van der Waals surface area contributed by atoms with Crippen LogP contribution in [0, 0.1) is 5.41 Å². The van der Waals surface area contributed by atoms with Crippen molar-refractivity contribution < 1.29 is 78.0 Å². The van der Waals surface area contributed by atoms with Gasteiger partial charge in [0.05, 0.1) is 32.4 Å². The van der Waals surface area contributed by atoms with Gasteiger partial charge in [0.15, 0.2) is 18.1 Å². The van der Waals surface area contributed by atoms with Gasteiger partial charge in [-0.25, -0.2) is 0 Å². The summed E-state index contributed by atoms with van der Waals surface area (Å²) in [5.74, 6) is -3.02. The van der Waals surface area contributed by atoms with Crippen LogP contribution in [0.2, 0.25) is 0 Å². The van der Waals surface area contributed by atoms with E-state index in [0.717, 1.165) is 38.5 Å². The molecule has 5 aliphatic rings. The summed E-state index contributed by atoms with van der Waals surface area (Å²) in [7, 11) is 0. The highest BCUT2D eigenvalue weighted by Crippen LogP contribution is 2.58. The highest BCUT2D eigenvalue weighted by atomic mass is 16.8. The number of aliphatic hydroxyl groups excluding tert-OH is 5. The summed E-state index contributed by atoms with van der Waals surface area (Å²) in [5, 5.41) is 57.4. The molecule has 0 spiro atoms. The van der Waals surface area contributed by atoms with Gasteiger partial charge in [0, 0.05) is 38.6 Å². The molecule has 1 saturated carbocycles. The van der Waals surface area contributed by atoms with E-state index in [9.17, 15) is 44.7 Å². The molecule has 2 amide bonds. The SMILES string of the molecule is CCCCCC1(CCCCC)O[C@@H]2[C@H]3ON(Cc4ccccc4C=CCO[C@H]4O[C@H](CO)[C@H](O)[C@H](O)[C@H]4O)[C@H]4C(=O)OC(CC34C(=O)NCCC(=O)N[C@H](CO)CCC(=O)OC(C)(C)C)[C@@H]2O1. The molecule has 376 valence electrons. The zero-order chi connectivity index (χ0) is 48.5. The average Bonchev–Trinajstić information content (AvgIpc) is 3.85. The first-order valence-corrected chi connectivity index (χ1v) is 24.1. The first-order valence-electron chi connectivity index (χ1n) is 24.1. The van der Waals surface area contributed by atoms with Crippen molar-refractivity contribution in [2.24, 2.45) is 5.41 Å². The van der Waals surface area contributed by atoms with Gasteiger partial charge in [-0.1, -0.05) is 75.9 Å². The molecule has 67 heavy (non-hydrogen) atoms. The van der Waals surface area contributed by atoms with Crippen molar-refractivity contribution in [2.75, 3.05) is 26.4 Å². The van der Waals surface area contributed by atoms with Crippen LogP contribution in [0.15, 0.2) is 30.3 Å². The Morgan fingerprint density at radius 1 is 0.955 bits per heavy atom. The first kappa shape index (κ1) is 52.8. The van der Waals surface area contributed by atoms with E-state index < -0.39 is 121 Å². The number of hydrogen-bond acceptors (Lipinski definition) is 17. The van der Waals surface area contributed by atoms with Crippen LogP contribution in [0.4, 0.5) is 0 Å². The largest absolute Gasteiger partial charge is 0.460 e. The molecule has 1 aliphatic carbocycles. The van der Waals surface area contributed by atoms with E-state index in [4.69, 9.17) is 33.3 Å². The summed E-state index contributed by atoms with van der Waals surface area (Å²) in [4.78, 5) is 61.5. The molecule has 5 fully saturated rings. The third-order valence-electron chi connectivity index (χ3n) is 13.2. The molecule has 7 N–H and O–H groups in total. The Bertz CT molecular complexity index is 1850. The fraction of sp³-hybridized carbons (Fsp3) is 0.750. The van der Waals surface area contributed by atoms with Crippen molar-refractivity contribution in [3.8, 4) is 0 Å². The first-order chi connectivity index (χ1) is 32.0. The fourth-order valence-electron chi connectivity index (χ4n) is 9.88. The average molecular weight is 948 g/mol. The van der Waals surface area contributed by atoms with Crippen LogP contribution in [-0.2, 0) is 59.0 Å². The lowest BCUT2D eigenvalue weighted by atomic mass is 9.62. The molecule has 1 aromatic rings. The van der Waals surface area contributed by atoms with Crippen LogP contribution in [0.1, 0.15) is 123 Å². The molecule has 0 aromatic heterocycles. The number of nitrogens with zero attached hydrogens (tertiary/aromatic N) is 1. The van der Waals surface area contributed by atoms with Gasteiger partial charge in [-0.2, -0.15) is 5.06 Å². The van der Waals surface area contributed by atoms with Crippen molar-refractivity contribution in [1.82, 2.24) is 15.7 Å². The monoisotopic (exact) mass is 947 g/mol. The molecule has 4 saturated heterocycles. The van der Waals surface area contributed by atoms with Crippen LogP contribution in [0.5, 0.6) is 0 Å². The van der Waals surface area contributed by atoms with E-state index >= 15 is 0 Å². The van der Waals surface area contributed by atoms with E-state index in [2.05, 4.69) is 24.5 Å². The molecule has 0 radical (unpaired) electrons. The van der Waals surface area contributed by atoms with Crippen molar-refractivity contribution in [1.29, 1.82) is 0 Å². The lowest BCUT2D eigenvalue weighted by molar-refractivity contribution is -0.298. The van der Waals surface area contributed by atoms with Gasteiger partial charge in [-0.05, 0) is 51.2 Å². The number of esters is 2. The van der Waals surface area contributed by atoms with Crippen molar-refractivity contribution in [2.45, 2.75) is 197 Å². The lowest BCUT2D eigenvalue weighted by Gasteiger charge is -2.48. The number of nitrogens with one attached hydrogen (secondary N) is 2. The molecule has 2 unspecified atom stereocenters. The number of ether oxygens (including phenoxy) is 6. The molecule has 1 aromatic carbocycles. The second-order valence-electron chi connectivity index (χ2n) is 19.4. The van der Waals surface area contributed by atoms with Crippen LogP contribution >= 0.6 is 0 Å². The molecule has 4 heterocycles. The van der Waals surface area contributed by atoms with Gasteiger partial charge in [0.25, 0.3) is 0 Å². The van der Waals surface area contributed by atoms with Crippen molar-refractivity contribution in [3.63, 3.8) is 0 Å². The van der Waals surface area contributed by atoms with E-state index in [1.54, 1.807) is 32.9 Å². The predicted octanol–water partition coefficient (Wildman–Crippen LogP) is 2.06. The van der Waals surface area contributed by atoms with E-state index in [1.807, 2.05) is 24.3 Å². The zero-order valence-electron chi connectivity index (χ0n) is 39.5. The summed E-state index contributed by atoms with van der Waals surface area (Å²) >= 11 is 0. The van der Waals surface area contributed by atoms with E-state index in [1.165, 1.54) is 5.06 Å². The number of carbonyl (C=O) groups is 4. The van der Waals surface area contributed by atoms with Gasteiger partial charge in [-0.15, -0.1) is 0 Å². The molecule has 19 nitrogen and oxygen atoms in total. The summed E-state index contributed by atoms with van der Waals surface area (Å²) in [6, 6.07) is 5.43. The van der Waals surface area contributed by atoms with E-state index in [-0.39, 0.29) is 45.4 Å². The Morgan fingerprint density at radius 3 is 2.33 bits per heavy atom. The van der Waals surface area contributed by atoms with Crippen LogP contribution < -0.4 is 10.6 Å². The zero-order valence-corrected chi connectivity index (χ0v) is 39.5. The van der Waals surface area contributed by atoms with Crippen molar-refractivity contribution in [3.05, 3.63) is 41.5 Å². The second-order valence-corrected chi connectivity index (χ2v) is 19.4. The highest BCUT2D eigenvalue weighted by molar-refractivity contribution is 5.94. The molecule has 6 rings (SSSR count). The summed E-state index contributed by atoms with van der Waals surface area (Å²) in [6.45, 7) is 8.38.